The summed E-state index contributed by atoms with van der Waals surface area (Å²) in [7, 11) is 0. The van der Waals surface area contributed by atoms with Gasteiger partial charge in [0.05, 0.1) is 0 Å². The summed E-state index contributed by atoms with van der Waals surface area (Å²) >= 11 is 0. The number of Topliss-reactive ketones (excluding diaryl/α,β-unsaturated/α-hetero) is 1. The van der Waals surface area contributed by atoms with Gasteiger partial charge in [-0.1, -0.05) is 31.2 Å². The van der Waals surface area contributed by atoms with E-state index < -0.39 is 0 Å². The highest BCUT2D eigenvalue weighted by Gasteiger charge is 2.19. The molecule has 0 spiro atoms. The largest absolute Gasteiger partial charge is 0.294 e. The minimum atomic E-state index is 0.319. The predicted molar refractivity (Wildman–Crippen MR) is 53.0 cm³/mol. The van der Waals surface area contributed by atoms with E-state index in [1.807, 2.05) is 18.2 Å². The van der Waals surface area contributed by atoms with Gasteiger partial charge in [-0.2, -0.15) is 0 Å². The summed E-state index contributed by atoms with van der Waals surface area (Å²) in [5.74, 6) is 0.864. The number of rotatable bonds is 0. The van der Waals surface area contributed by atoms with Crippen molar-refractivity contribution in [1.82, 2.24) is 0 Å². The molecule has 1 aromatic rings. The smallest absolute Gasteiger partial charge is 0.163 e. The highest BCUT2D eigenvalue weighted by atomic mass is 16.1. The fraction of sp³-hybridized carbons (Fsp3) is 0.417. The molecular weight excluding hydrogens is 160 g/mol. The fourth-order valence-electron chi connectivity index (χ4n) is 2.04. The third-order valence-corrected chi connectivity index (χ3v) is 2.83. The van der Waals surface area contributed by atoms with E-state index in [4.69, 9.17) is 0 Å². The van der Waals surface area contributed by atoms with E-state index in [1.165, 1.54) is 5.56 Å². The molecule has 0 N–H and O–H groups in total. The van der Waals surface area contributed by atoms with E-state index in [0.29, 0.717) is 11.7 Å². The molecule has 0 bridgehead atoms. The van der Waals surface area contributed by atoms with E-state index in [1.54, 1.807) is 0 Å². The summed E-state index contributed by atoms with van der Waals surface area (Å²) < 4.78 is 0. The van der Waals surface area contributed by atoms with Crippen LogP contribution in [0.25, 0.3) is 0 Å². The summed E-state index contributed by atoms with van der Waals surface area (Å²) in [6.07, 6.45) is 2.90. The van der Waals surface area contributed by atoms with E-state index in [0.717, 1.165) is 24.8 Å². The lowest BCUT2D eigenvalue weighted by molar-refractivity contribution is 0.0982. The molecule has 0 saturated carbocycles. The lowest BCUT2D eigenvalue weighted by Gasteiger charge is -2.10. The van der Waals surface area contributed by atoms with Crippen LogP contribution >= 0.6 is 0 Å². The van der Waals surface area contributed by atoms with E-state index in [-0.39, 0.29) is 0 Å². The number of ketones is 1. The molecule has 0 aromatic heterocycles. The molecule has 2 rings (SSSR count). The van der Waals surface area contributed by atoms with Crippen LogP contribution in [0.4, 0.5) is 0 Å². The molecule has 1 aliphatic rings. The van der Waals surface area contributed by atoms with Crippen molar-refractivity contribution < 1.29 is 4.79 Å². The molecule has 1 aliphatic carbocycles. The Morgan fingerprint density at radius 1 is 1.31 bits per heavy atom. The zero-order valence-corrected chi connectivity index (χ0v) is 7.92. The molecule has 13 heavy (non-hydrogen) atoms. The standard InChI is InChI=1S/C12H14O/c1-9-5-4-8-12(13)11-7-3-2-6-10(9)11/h2-3,6-7,9H,4-5,8H2,1H3. The first-order valence-corrected chi connectivity index (χ1v) is 4.91. The predicted octanol–water partition coefficient (Wildman–Crippen LogP) is 3.16. The zero-order valence-electron chi connectivity index (χ0n) is 7.92. The third kappa shape index (κ3) is 1.51. The molecule has 1 unspecified atom stereocenters. The van der Waals surface area contributed by atoms with Crippen LogP contribution in [0, 0.1) is 0 Å². The maximum Gasteiger partial charge on any atom is 0.163 e. The number of carbonyl (C=O) groups excluding carboxylic acids is 1. The van der Waals surface area contributed by atoms with Crippen molar-refractivity contribution in [1.29, 1.82) is 0 Å². The molecule has 1 atom stereocenters. The van der Waals surface area contributed by atoms with Crippen molar-refractivity contribution >= 4 is 5.78 Å². The number of fused-ring (bicyclic) bond motifs is 1. The minimum absolute atomic E-state index is 0.319. The summed E-state index contributed by atoms with van der Waals surface area (Å²) in [6.45, 7) is 2.21. The van der Waals surface area contributed by atoms with Crippen molar-refractivity contribution in [3.8, 4) is 0 Å². The molecule has 68 valence electrons. The normalized spacial score (nSPS) is 22.2. The average Bonchev–Trinajstić information content (AvgIpc) is 2.29. The van der Waals surface area contributed by atoms with Crippen LogP contribution in [0.5, 0.6) is 0 Å². The Kier molecular flexibility index (Phi) is 2.17. The molecule has 0 saturated heterocycles. The SMILES string of the molecule is CC1CCCC(=O)c2ccccc21. The summed E-state index contributed by atoms with van der Waals surface area (Å²) in [4.78, 5) is 11.7. The van der Waals surface area contributed by atoms with Gasteiger partial charge in [0.15, 0.2) is 5.78 Å². The monoisotopic (exact) mass is 174 g/mol. The summed E-state index contributed by atoms with van der Waals surface area (Å²) in [5, 5.41) is 0. The van der Waals surface area contributed by atoms with E-state index in [2.05, 4.69) is 13.0 Å². The van der Waals surface area contributed by atoms with Crippen molar-refractivity contribution in [2.45, 2.75) is 32.1 Å². The maximum absolute atomic E-state index is 11.7. The van der Waals surface area contributed by atoms with Gasteiger partial charge in [-0.15, -0.1) is 0 Å². The van der Waals surface area contributed by atoms with Crippen LogP contribution in [0.3, 0.4) is 0 Å². The second kappa shape index (κ2) is 3.33. The fourth-order valence-corrected chi connectivity index (χ4v) is 2.04. The first-order chi connectivity index (χ1) is 6.29. The van der Waals surface area contributed by atoms with Gasteiger partial charge in [0.1, 0.15) is 0 Å². The zero-order chi connectivity index (χ0) is 9.26. The van der Waals surface area contributed by atoms with Gasteiger partial charge in [0, 0.05) is 12.0 Å². The van der Waals surface area contributed by atoms with Crippen LogP contribution in [0.1, 0.15) is 48.0 Å². The Bertz CT molecular complexity index is 328. The van der Waals surface area contributed by atoms with Gasteiger partial charge in [-0.05, 0) is 24.3 Å². The first kappa shape index (κ1) is 8.49. The number of hydrogen-bond acceptors (Lipinski definition) is 1. The topological polar surface area (TPSA) is 17.1 Å². The van der Waals surface area contributed by atoms with Gasteiger partial charge in [0.25, 0.3) is 0 Å². The Balaban J connectivity index is 2.51. The molecule has 0 amide bonds. The molecule has 0 aliphatic heterocycles. The van der Waals surface area contributed by atoms with Crippen molar-refractivity contribution in [3.63, 3.8) is 0 Å². The van der Waals surface area contributed by atoms with Crippen LogP contribution in [-0.2, 0) is 0 Å². The second-order valence-corrected chi connectivity index (χ2v) is 3.80. The van der Waals surface area contributed by atoms with Crippen LogP contribution in [0.2, 0.25) is 0 Å². The van der Waals surface area contributed by atoms with Crippen LogP contribution < -0.4 is 0 Å². The lowest BCUT2D eigenvalue weighted by atomic mass is 9.94. The average molecular weight is 174 g/mol. The van der Waals surface area contributed by atoms with Gasteiger partial charge in [-0.3, -0.25) is 4.79 Å². The Morgan fingerprint density at radius 3 is 2.92 bits per heavy atom. The molecule has 0 radical (unpaired) electrons. The number of benzene rings is 1. The number of hydrogen-bond donors (Lipinski definition) is 0. The highest BCUT2D eigenvalue weighted by molar-refractivity contribution is 5.97. The first-order valence-electron chi connectivity index (χ1n) is 4.91. The Morgan fingerprint density at radius 2 is 2.08 bits per heavy atom. The van der Waals surface area contributed by atoms with Gasteiger partial charge in [0.2, 0.25) is 0 Å². The number of carbonyl (C=O) groups is 1. The molecule has 1 nitrogen and oxygen atoms in total. The second-order valence-electron chi connectivity index (χ2n) is 3.80. The van der Waals surface area contributed by atoms with Crippen molar-refractivity contribution in [2.75, 3.05) is 0 Å². The molecular formula is C12H14O. The van der Waals surface area contributed by atoms with Gasteiger partial charge >= 0.3 is 0 Å². The third-order valence-electron chi connectivity index (χ3n) is 2.83. The van der Waals surface area contributed by atoms with Crippen molar-refractivity contribution in [2.24, 2.45) is 0 Å². The quantitative estimate of drug-likeness (QED) is 0.552. The Hall–Kier alpha value is -1.11. The Labute approximate surface area is 78.8 Å². The molecule has 0 fully saturated rings. The van der Waals surface area contributed by atoms with E-state index >= 15 is 0 Å². The van der Waals surface area contributed by atoms with Crippen LogP contribution in [0.15, 0.2) is 24.3 Å². The minimum Gasteiger partial charge on any atom is -0.294 e. The van der Waals surface area contributed by atoms with Crippen molar-refractivity contribution in [3.05, 3.63) is 35.4 Å². The molecule has 1 heteroatoms. The summed E-state index contributed by atoms with van der Waals surface area (Å²) in [6, 6.07) is 8.02. The maximum atomic E-state index is 11.7. The molecule has 1 aromatic carbocycles. The lowest BCUT2D eigenvalue weighted by Crippen LogP contribution is -2.00. The van der Waals surface area contributed by atoms with E-state index in [9.17, 15) is 4.79 Å². The highest BCUT2D eigenvalue weighted by Crippen LogP contribution is 2.29. The van der Waals surface area contributed by atoms with Gasteiger partial charge in [-0.25, -0.2) is 0 Å². The van der Waals surface area contributed by atoms with Gasteiger partial charge < -0.3 is 0 Å². The summed E-state index contributed by atoms with van der Waals surface area (Å²) in [5.41, 5.74) is 2.19. The van der Waals surface area contributed by atoms with Crippen LogP contribution in [-0.4, -0.2) is 5.78 Å². The molecule has 0 heterocycles.